The fraction of sp³-hybridized carbons (Fsp3) is 0.250. The van der Waals surface area contributed by atoms with E-state index in [0.29, 0.717) is 6.54 Å². The lowest BCUT2D eigenvalue weighted by molar-refractivity contribution is 0.156. The summed E-state index contributed by atoms with van der Waals surface area (Å²) in [5, 5.41) is 4.31. The maximum Gasteiger partial charge on any atom is 0.326 e. The molecule has 3 heterocycles. The molecule has 4 nitrogen and oxygen atoms in total. The van der Waals surface area contributed by atoms with Gasteiger partial charge in [-0.15, -0.1) is 0 Å². The number of aromatic nitrogens is 1. The zero-order valence-corrected chi connectivity index (χ0v) is 13.4. The number of carbonyl (C=O) groups excluding carboxylic acids is 1. The Morgan fingerprint density at radius 1 is 1.04 bits per heavy atom. The van der Waals surface area contributed by atoms with Crippen LogP contribution in [0.3, 0.4) is 0 Å². The molecular weight excluding hydrogens is 298 g/mol. The number of hydrogen-bond acceptors (Lipinski definition) is 2. The lowest BCUT2D eigenvalue weighted by atomic mass is 9.96. The topological polar surface area (TPSA) is 37.3 Å². The summed E-state index contributed by atoms with van der Waals surface area (Å²) in [6.07, 6.45) is 0.999. The second-order valence-electron chi connectivity index (χ2n) is 6.62. The molecule has 2 aromatic carbocycles. The van der Waals surface area contributed by atoms with E-state index in [1.807, 2.05) is 10.6 Å². The van der Waals surface area contributed by atoms with Crippen LogP contribution in [0.5, 0.6) is 0 Å². The molecule has 0 radical (unpaired) electrons. The Labute approximate surface area is 140 Å². The van der Waals surface area contributed by atoms with Crippen molar-refractivity contribution in [2.75, 3.05) is 13.1 Å². The third-order valence-electron chi connectivity index (χ3n) is 5.30. The highest BCUT2D eigenvalue weighted by Gasteiger charge is 2.37. The molecule has 1 amide bonds. The Balaban J connectivity index is 1.63. The van der Waals surface area contributed by atoms with Gasteiger partial charge in [0.2, 0.25) is 0 Å². The second-order valence-corrected chi connectivity index (χ2v) is 6.62. The third kappa shape index (κ3) is 1.93. The summed E-state index contributed by atoms with van der Waals surface area (Å²) >= 11 is 0. The van der Waals surface area contributed by atoms with Gasteiger partial charge in [-0.3, -0.25) is 9.47 Å². The van der Waals surface area contributed by atoms with Gasteiger partial charge >= 0.3 is 6.03 Å². The van der Waals surface area contributed by atoms with E-state index in [1.165, 1.54) is 22.2 Å². The van der Waals surface area contributed by atoms with Crippen LogP contribution >= 0.6 is 0 Å². The Morgan fingerprint density at radius 3 is 2.71 bits per heavy atom. The van der Waals surface area contributed by atoms with Gasteiger partial charge in [0.15, 0.2) is 0 Å². The highest BCUT2D eigenvalue weighted by Crippen LogP contribution is 2.38. The minimum atomic E-state index is 0.00487. The van der Waals surface area contributed by atoms with Crippen LogP contribution < -0.4 is 5.32 Å². The summed E-state index contributed by atoms with van der Waals surface area (Å²) in [4.78, 5) is 15.0. The molecule has 24 heavy (non-hydrogen) atoms. The fourth-order valence-electron chi connectivity index (χ4n) is 4.24. The summed E-state index contributed by atoms with van der Waals surface area (Å²) in [5.74, 6) is 0. The van der Waals surface area contributed by atoms with E-state index in [0.717, 1.165) is 25.0 Å². The Bertz CT molecular complexity index is 929. The van der Waals surface area contributed by atoms with E-state index >= 15 is 0 Å². The highest BCUT2D eigenvalue weighted by atomic mass is 16.2. The molecule has 0 aliphatic carbocycles. The van der Waals surface area contributed by atoms with E-state index in [2.05, 4.69) is 58.7 Å². The largest absolute Gasteiger partial charge is 0.335 e. The smallest absolute Gasteiger partial charge is 0.326 e. The Kier molecular flexibility index (Phi) is 3.00. The number of fused-ring (bicyclic) bond motifs is 3. The van der Waals surface area contributed by atoms with E-state index in [1.54, 1.807) is 0 Å². The lowest BCUT2D eigenvalue weighted by Crippen LogP contribution is -2.48. The van der Waals surface area contributed by atoms with Crippen LogP contribution in [0.1, 0.15) is 22.9 Å². The van der Waals surface area contributed by atoms with Crippen molar-refractivity contribution < 1.29 is 4.79 Å². The number of benzene rings is 2. The molecule has 1 aromatic heterocycles. The second kappa shape index (κ2) is 5.21. The van der Waals surface area contributed by atoms with Crippen LogP contribution in [0.4, 0.5) is 4.79 Å². The van der Waals surface area contributed by atoms with Crippen LogP contribution in [0.25, 0.3) is 10.9 Å². The molecule has 0 saturated carbocycles. The van der Waals surface area contributed by atoms with Gasteiger partial charge in [0.05, 0.1) is 17.3 Å². The van der Waals surface area contributed by atoms with Crippen LogP contribution in [0.2, 0.25) is 0 Å². The highest BCUT2D eigenvalue weighted by molar-refractivity contribution is 5.96. The van der Waals surface area contributed by atoms with E-state index in [9.17, 15) is 4.79 Å². The molecule has 0 fully saturated rings. The summed E-state index contributed by atoms with van der Waals surface area (Å²) < 4.78 is 1.90. The van der Waals surface area contributed by atoms with Gasteiger partial charge in [-0.1, -0.05) is 48.5 Å². The maximum absolute atomic E-state index is 12.5. The third-order valence-corrected chi connectivity index (χ3v) is 5.30. The zero-order valence-electron chi connectivity index (χ0n) is 13.4. The minimum Gasteiger partial charge on any atom is -0.335 e. The lowest BCUT2D eigenvalue weighted by Gasteiger charge is -2.39. The van der Waals surface area contributed by atoms with Crippen molar-refractivity contribution in [3.8, 4) is 0 Å². The normalized spacial score (nSPS) is 20.0. The van der Waals surface area contributed by atoms with Crippen molar-refractivity contribution in [1.29, 1.82) is 0 Å². The molecule has 0 spiro atoms. The summed E-state index contributed by atoms with van der Waals surface area (Å²) in [6.45, 7) is 2.63. The number of nitrogens with zero attached hydrogens (tertiary/aromatic N) is 2. The average Bonchev–Trinajstić information content (AvgIpc) is 2.96. The molecule has 2 aliphatic rings. The SMILES string of the molecule is O=C1NCC2c3c(c4ccccc4n31)CCN2Cc1ccccc1. The first-order valence-corrected chi connectivity index (χ1v) is 8.51. The first-order valence-electron chi connectivity index (χ1n) is 8.51. The van der Waals surface area contributed by atoms with Gasteiger partial charge in [-0.25, -0.2) is 4.79 Å². The van der Waals surface area contributed by atoms with Gasteiger partial charge in [-0.05, 0) is 23.6 Å². The van der Waals surface area contributed by atoms with Crippen molar-refractivity contribution >= 4 is 16.9 Å². The quantitative estimate of drug-likeness (QED) is 0.787. The first-order chi connectivity index (χ1) is 11.8. The average molecular weight is 317 g/mol. The van der Waals surface area contributed by atoms with Crippen molar-refractivity contribution in [3.05, 3.63) is 71.4 Å². The van der Waals surface area contributed by atoms with Gasteiger partial charge in [0.25, 0.3) is 0 Å². The molecule has 1 unspecified atom stereocenters. The molecule has 1 N–H and O–H groups in total. The van der Waals surface area contributed by atoms with Gasteiger partial charge in [0.1, 0.15) is 0 Å². The van der Waals surface area contributed by atoms with E-state index in [4.69, 9.17) is 0 Å². The molecule has 3 aromatic rings. The van der Waals surface area contributed by atoms with Gasteiger partial charge < -0.3 is 5.32 Å². The molecule has 120 valence electrons. The van der Waals surface area contributed by atoms with Crippen LogP contribution in [-0.2, 0) is 13.0 Å². The number of carbonyl (C=O) groups is 1. The summed E-state index contributed by atoms with van der Waals surface area (Å²) in [6, 6.07) is 19.1. The van der Waals surface area contributed by atoms with Gasteiger partial charge in [0, 0.05) is 25.0 Å². The molecule has 0 saturated heterocycles. The van der Waals surface area contributed by atoms with Crippen LogP contribution in [-0.4, -0.2) is 28.6 Å². The van der Waals surface area contributed by atoms with Crippen molar-refractivity contribution in [2.24, 2.45) is 0 Å². The van der Waals surface area contributed by atoms with Crippen LogP contribution in [0, 0.1) is 0 Å². The molecule has 1 atom stereocenters. The number of rotatable bonds is 2. The predicted molar refractivity (Wildman–Crippen MR) is 94.0 cm³/mol. The fourth-order valence-corrected chi connectivity index (χ4v) is 4.24. The summed E-state index contributed by atoms with van der Waals surface area (Å²) in [7, 11) is 0. The van der Waals surface area contributed by atoms with Crippen LogP contribution in [0.15, 0.2) is 54.6 Å². The van der Waals surface area contributed by atoms with Crippen molar-refractivity contribution in [2.45, 2.75) is 19.0 Å². The minimum absolute atomic E-state index is 0.00487. The number of amides is 1. The first kappa shape index (κ1) is 13.8. The summed E-state index contributed by atoms with van der Waals surface area (Å²) in [5.41, 5.74) is 4.91. The molecule has 2 aliphatic heterocycles. The standard InChI is InChI=1S/C20H19N3O/c24-20-21-12-18-19-16(15-8-4-5-9-17(15)23(19)20)10-11-22(18)13-14-6-2-1-3-7-14/h1-9,18H,10-13H2,(H,21,24). The van der Waals surface area contributed by atoms with Crippen molar-refractivity contribution in [1.82, 2.24) is 14.8 Å². The number of hydrogen-bond donors (Lipinski definition) is 1. The zero-order chi connectivity index (χ0) is 16.1. The van der Waals surface area contributed by atoms with Gasteiger partial charge in [-0.2, -0.15) is 0 Å². The molecule has 4 heteroatoms. The van der Waals surface area contributed by atoms with E-state index < -0.39 is 0 Å². The number of para-hydroxylation sites is 1. The van der Waals surface area contributed by atoms with Crippen molar-refractivity contribution in [3.63, 3.8) is 0 Å². The molecular formula is C20H19N3O. The predicted octanol–water partition coefficient (Wildman–Crippen LogP) is 3.31. The maximum atomic E-state index is 12.5. The monoisotopic (exact) mass is 317 g/mol. The van der Waals surface area contributed by atoms with E-state index in [-0.39, 0.29) is 12.1 Å². The molecule has 0 bridgehead atoms. The molecule has 5 rings (SSSR count). The number of nitrogens with one attached hydrogen (secondary N) is 1. The Hall–Kier alpha value is -2.59. The Morgan fingerprint density at radius 2 is 1.83 bits per heavy atom.